The molecular formula is C25H34ClN3O4S. The first-order chi connectivity index (χ1) is 15.8. The van der Waals surface area contributed by atoms with Crippen LogP contribution >= 0.6 is 11.6 Å². The van der Waals surface area contributed by atoms with Gasteiger partial charge in [-0.1, -0.05) is 48.4 Å². The smallest absolute Gasteiger partial charge is 0.244 e. The average molecular weight is 508 g/mol. The maximum atomic E-state index is 13.5. The van der Waals surface area contributed by atoms with Gasteiger partial charge in [0.15, 0.2) is 0 Å². The minimum absolute atomic E-state index is 0.0458. The highest BCUT2D eigenvalue weighted by Gasteiger charge is 2.30. The van der Waals surface area contributed by atoms with Crippen molar-refractivity contribution in [3.05, 3.63) is 64.2 Å². The van der Waals surface area contributed by atoms with Crippen molar-refractivity contribution in [2.75, 3.05) is 17.1 Å². The lowest BCUT2D eigenvalue weighted by Crippen LogP contribution is -2.52. The summed E-state index contributed by atoms with van der Waals surface area (Å²) < 4.78 is 26.4. The van der Waals surface area contributed by atoms with E-state index in [1.165, 1.54) is 4.90 Å². The summed E-state index contributed by atoms with van der Waals surface area (Å²) >= 11 is 6.04. The highest BCUT2D eigenvalue weighted by Crippen LogP contribution is 2.26. The van der Waals surface area contributed by atoms with E-state index in [9.17, 15) is 18.0 Å². The van der Waals surface area contributed by atoms with Crippen LogP contribution in [0.1, 0.15) is 43.9 Å². The Morgan fingerprint density at radius 1 is 1.06 bits per heavy atom. The minimum Gasteiger partial charge on any atom is -0.352 e. The van der Waals surface area contributed by atoms with Crippen LogP contribution in [0.15, 0.2) is 42.5 Å². The van der Waals surface area contributed by atoms with Crippen LogP contribution in [0.2, 0.25) is 5.02 Å². The standard InChI is InChI=1S/C25H34ClN3O4S/c1-7-19(4)27-25(31)20(5)28(15-21-10-8-17(2)9-11-21)24(30)16-29(34(6,32)33)23-13-12-22(26)14-18(23)3/h8-14,19-20H,7,15-16H2,1-6H3,(H,27,31). The molecule has 34 heavy (non-hydrogen) atoms. The summed E-state index contributed by atoms with van der Waals surface area (Å²) in [5.74, 6) is -0.768. The number of nitrogens with one attached hydrogen (secondary N) is 1. The molecule has 0 saturated carbocycles. The molecule has 0 aliphatic heterocycles. The van der Waals surface area contributed by atoms with Crippen LogP contribution < -0.4 is 9.62 Å². The van der Waals surface area contributed by atoms with Crippen LogP contribution in [0, 0.1) is 13.8 Å². The largest absolute Gasteiger partial charge is 0.352 e. The van der Waals surface area contributed by atoms with Gasteiger partial charge in [0.2, 0.25) is 21.8 Å². The van der Waals surface area contributed by atoms with Gasteiger partial charge in [0, 0.05) is 17.6 Å². The van der Waals surface area contributed by atoms with Crippen molar-refractivity contribution in [1.82, 2.24) is 10.2 Å². The van der Waals surface area contributed by atoms with Crippen LogP contribution in [0.25, 0.3) is 0 Å². The van der Waals surface area contributed by atoms with Crippen LogP contribution in [-0.2, 0) is 26.2 Å². The van der Waals surface area contributed by atoms with Gasteiger partial charge in [-0.25, -0.2) is 8.42 Å². The summed E-state index contributed by atoms with van der Waals surface area (Å²) in [5.41, 5.74) is 2.91. The van der Waals surface area contributed by atoms with Gasteiger partial charge in [0.1, 0.15) is 12.6 Å². The van der Waals surface area contributed by atoms with Gasteiger partial charge < -0.3 is 10.2 Å². The molecule has 2 unspecified atom stereocenters. The number of halogens is 1. The fourth-order valence-corrected chi connectivity index (χ4v) is 4.57. The molecular weight excluding hydrogens is 474 g/mol. The molecule has 0 fully saturated rings. The van der Waals surface area contributed by atoms with Crippen molar-refractivity contribution in [2.45, 2.75) is 59.7 Å². The maximum absolute atomic E-state index is 13.5. The van der Waals surface area contributed by atoms with Gasteiger partial charge in [0.25, 0.3) is 0 Å². The number of carbonyl (C=O) groups is 2. The Morgan fingerprint density at radius 2 is 1.68 bits per heavy atom. The molecule has 2 atom stereocenters. The molecule has 2 rings (SSSR count). The summed E-state index contributed by atoms with van der Waals surface area (Å²) in [6.45, 7) is 8.94. The van der Waals surface area contributed by atoms with Gasteiger partial charge >= 0.3 is 0 Å². The fourth-order valence-electron chi connectivity index (χ4n) is 3.43. The van der Waals surface area contributed by atoms with Crippen molar-refractivity contribution in [2.24, 2.45) is 0 Å². The van der Waals surface area contributed by atoms with Crippen molar-refractivity contribution in [1.29, 1.82) is 0 Å². The van der Waals surface area contributed by atoms with E-state index in [1.807, 2.05) is 45.0 Å². The van der Waals surface area contributed by atoms with E-state index in [-0.39, 0.29) is 18.5 Å². The van der Waals surface area contributed by atoms with E-state index in [0.29, 0.717) is 16.3 Å². The van der Waals surface area contributed by atoms with E-state index in [4.69, 9.17) is 11.6 Å². The summed E-state index contributed by atoms with van der Waals surface area (Å²) in [6, 6.07) is 11.6. The molecule has 0 aliphatic rings. The molecule has 0 heterocycles. The number of hydrogen-bond donors (Lipinski definition) is 1. The quantitative estimate of drug-likeness (QED) is 0.525. The third-order valence-electron chi connectivity index (χ3n) is 5.75. The predicted octanol–water partition coefficient (Wildman–Crippen LogP) is 4.05. The second kappa shape index (κ2) is 11.7. The highest BCUT2D eigenvalue weighted by molar-refractivity contribution is 7.92. The number of amides is 2. The summed E-state index contributed by atoms with van der Waals surface area (Å²) in [4.78, 5) is 27.9. The Bertz CT molecular complexity index is 1120. The molecule has 186 valence electrons. The topological polar surface area (TPSA) is 86.8 Å². The van der Waals surface area contributed by atoms with Gasteiger partial charge in [-0.2, -0.15) is 0 Å². The second-order valence-electron chi connectivity index (χ2n) is 8.70. The lowest BCUT2D eigenvalue weighted by molar-refractivity contribution is -0.139. The van der Waals surface area contributed by atoms with Gasteiger partial charge in [-0.15, -0.1) is 0 Å². The zero-order valence-corrected chi connectivity index (χ0v) is 22.2. The number of sulfonamides is 1. The Kier molecular flexibility index (Phi) is 9.53. The number of anilines is 1. The zero-order valence-electron chi connectivity index (χ0n) is 20.6. The Morgan fingerprint density at radius 3 is 2.21 bits per heavy atom. The highest BCUT2D eigenvalue weighted by atomic mass is 35.5. The third kappa shape index (κ3) is 7.46. The molecule has 0 radical (unpaired) electrons. The molecule has 0 saturated heterocycles. The lowest BCUT2D eigenvalue weighted by Gasteiger charge is -2.32. The van der Waals surface area contributed by atoms with Crippen LogP contribution in [0.4, 0.5) is 5.69 Å². The second-order valence-corrected chi connectivity index (χ2v) is 11.0. The zero-order chi connectivity index (χ0) is 25.6. The van der Waals surface area contributed by atoms with Gasteiger partial charge in [-0.05, 0) is 63.4 Å². The van der Waals surface area contributed by atoms with E-state index < -0.39 is 28.5 Å². The number of benzene rings is 2. The molecule has 0 spiro atoms. The number of aryl methyl sites for hydroxylation is 2. The summed E-state index contributed by atoms with van der Waals surface area (Å²) in [7, 11) is -3.79. The van der Waals surface area contributed by atoms with Gasteiger partial charge in [0.05, 0.1) is 11.9 Å². The minimum atomic E-state index is -3.79. The Labute approximate surface area is 208 Å². The first kappa shape index (κ1) is 27.7. The molecule has 0 aliphatic carbocycles. The van der Waals surface area contributed by atoms with E-state index >= 15 is 0 Å². The fraction of sp³-hybridized carbons (Fsp3) is 0.440. The molecule has 0 bridgehead atoms. The molecule has 1 N–H and O–H groups in total. The third-order valence-corrected chi connectivity index (χ3v) is 7.11. The molecule has 7 nitrogen and oxygen atoms in total. The average Bonchev–Trinajstić information content (AvgIpc) is 2.76. The predicted molar refractivity (Wildman–Crippen MR) is 137 cm³/mol. The summed E-state index contributed by atoms with van der Waals surface area (Å²) in [5, 5.41) is 3.38. The maximum Gasteiger partial charge on any atom is 0.244 e. The van der Waals surface area contributed by atoms with E-state index in [2.05, 4.69) is 5.32 Å². The monoisotopic (exact) mass is 507 g/mol. The van der Waals surface area contributed by atoms with Crippen molar-refractivity contribution in [3.63, 3.8) is 0 Å². The molecule has 0 aromatic heterocycles. The first-order valence-electron chi connectivity index (χ1n) is 11.2. The van der Waals surface area contributed by atoms with Crippen LogP contribution in [0.5, 0.6) is 0 Å². The normalized spacial score (nSPS) is 13.1. The summed E-state index contributed by atoms with van der Waals surface area (Å²) in [6.07, 6.45) is 1.81. The number of rotatable bonds is 10. The molecule has 2 amide bonds. The van der Waals surface area contributed by atoms with Crippen LogP contribution in [0.3, 0.4) is 0 Å². The molecule has 2 aromatic rings. The first-order valence-corrected chi connectivity index (χ1v) is 13.4. The number of nitrogens with zero attached hydrogens (tertiary/aromatic N) is 2. The van der Waals surface area contributed by atoms with Crippen molar-refractivity contribution >= 4 is 39.1 Å². The van der Waals surface area contributed by atoms with E-state index in [1.54, 1.807) is 32.0 Å². The van der Waals surface area contributed by atoms with E-state index in [0.717, 1.165) is 28.1 Å². The number of hydrogen-bond acceptors (Lipinski definition) is 4. The lowest BCUT2D eigenvalue weighted by atomic mass is 10.1. The Balaban J connectivity index is 2.41. The molecule has 9 heteroatoms. The number of carbonyl (C=O) groups excluding carboxylic acids is 2. The Hall–Kier alpha value is -2.58. The molecule has 2 aromatic carbocycles. The van der Waals surface area contributed by atoms with Crippen LogP contribution in [-0.4, -0.2) is 50.0 Å². The van der Waals surface area contributed by atoms with Crippen molar-refractivity contribution < 1.29 is 18.0 Å². The van der Waals surface area contributed by atoms with Crippen molar-refractivity contribution in [3.8, 4) is 0 Å². The SMILES string of the molecule is CCC(C)NC(=O)C(C)N(Cc1ccc(C)cc1)C(=O)CN(c1ccc(Cl)cc1C)S(C)(=O)=O. The van der Waals surface area contributed by atoms with Gasteiger partial charge in [-0.3, -0.25) is 13.9 Å².